The predicted molar refractivity (Wildman–Crippen MR) is 198 cm³/mol. The van der Waals surface area contributed by atoms with E-state index >= 15 is 0 Å². The van der Waals surface area contributed by atoms with E-state index in [4.69, 9.17) is 11.5 Å². The van der Waals surface area contributed by atoms with Gasteiger partial charge in [0.1, 0.15) is 42.4 Å². The first-order chi connectivity index (χ1) is 27.1. The zero-order valence-electron chi connectivity index (χ0n) is 32.2. The van der Waals surface area contributed by atoms with E-state index in [9.17, 15) is 69.3 Å². The minimum Gasteiger partial charge on any atom is -0.504 e. The molecule has 58 heavy (non-hydrogen) atoms. The molecule has 0 spiro atoms. The standard InChI is InChI=1S/C36H54N8O14/c1-14-8-19(37)31(53)41-25(16(3)45)36(58)43-13-18(46)10-21(43)32(54)42-26(30(52)29(51)17-4-6-22(47)23(48)9-17)33(55)40-20(5-7-24(38)49)35(57)44-12-15(2)28(50)27(44)34(56)39-11-14/h4,6,9,14-16,18-21,25-30,45-48,50-52H,5,7-8,10-13,37H2,1-3H3,(H2,38,49)(H,39,56)(H,40,55)(H,41,53)(H,42,54)/t14-,15+,16-,18-,19+,20?,21?,25?,26?,27?,28+,29+,30+/m1/s1. The van der Waals surface area contributed by atoms with Crippen molar-refractivity contribution in [2.24, 2.45) is 23.3 Å². The molecule has 3 fully saturated rings. The maximum Gasteiger partial charge on any atom is 0.248 e. The van der Waals surface area contributed by atoms with E-state index in [1.165, 1.54) is 6.92 Å². The third kappa shape index (κ3) is 10.5. The van der Waals surface area contributed by atoms with Crippen molar-refractivity contribution in [2.45, 2.75) is 113 Å². The van der Waals surface area contributed by atoms with Gasteiger partial charge in [-0.3, -0.25) is 33.6 Å². The average molecular weight is 823 g/mol. The minimum atomic E-state index is -2.31. The van der Waals surface area contributed by atoms with Crippen LogP contribution in [0, 0.1) is 11.8 Å². The Morgan fingerprint density at radius 2 is 1.50 bits per heavy atom. The minimum absolute atomic E-state index is 0.0485. The van der Waals surface area contributed by atoms with Gasteiger partial charge in [-0.1, -0.05) is 19.9 Å². The summed E-state index contributed by atoms with van der Waals surface area (Å²) in [5, 5.41) is 84.4. The number of nitrogens with two attached hydrogens (primary N) is 2. The highest BCUT2D eigenvalue weighted by atomic mass is 16.3. The molecular formula is C36H54N8O14. The number of phenolic OH excluding ortho intramolecular Hbond substituents is 2. The van der Waals surface area contributed by atoms with Gasteiger partial charge >= 0.3 is 0 Å². The molecule has 7 amide bonds. The van der Waals surface area contributed by atoms with E-state index in [0.29, 0.717) is 0 Å². The molecule has 13 atom stereocenters. The molecule has 0 bridgehead atoms. The lowest BCUT2D eigenvalue weighted by Gasteiger charge is -2.33. The van der Waals surface area contributed by atoms with Crippen LogP contribution >= 0.6 is 0 Å². The quantitative estimate of drug-likeness (QED) is 0.114. The van der Waals surface area contributed by atoms with Crippen molar-refractivity contribution in [1.82, 2.24) is 31.1 Å². The Kier molecular flexibility index (Phi) is 15.0. The van der Waals surface area contributed by atoms with Crippen molar-refractivity contribution < 1.29 is 69.3 Å². The van der Waals surface area contributed by atoms with Gasteiger partial charge in [-0.05, 0) is 43.4 Å². The number of benzene rings is 1. The number of carbonyl (C=O) groups is 7. The van der Waals surface area contributed by atoms with Crippen molar-refractivity contribution >= 4 is 41.4 Å². The molecule has 3 saturated heterocycles. The molecule has 3 heterocycles. The van der Waals surface area contributed by atoms with Crippen molar-refractivity contribution in [3.63, 3.8) is 0 Å². The van der Waals surface area contributed by atoms with E-state index in [1.54, 1.807) is 13.8 Å². The maximum atomic E-state index is 14.2. The second-order valence-corrected chi connectivity index (χ2v) is 15.5. The largest absolute Gasteiger partial charge is 0.504 e. The number of fused-ring (bicyclic) bond motifs is 2. The van der Waals surface area contributed by atoms with E-state index in [1.807, 2.05) is 0 Å². The lowest BCUT2D eigenvalue weighted by Crippen LogP contribution is -2.63. The van der Waals surface area contributed by atoms with E-state index in [0.717, 1.165) is 28.0 Å². The molecule has 15 N–H and O–H groups in total. The van der Waals surface area contributed by atoms with E-state index in [-0.39, 0.29) is 25.1 Å². The third-order valence-corrected chi connectivity index (χ3v) is 10.7. The van der Waals surface area contributed by atoms with Gasteiger partial charge in [-0.25, -0.2) is 0 Å². The van der Waals surface area contributed by atoms with Crippen LogP contribution in [-0.4, -0.2) is 167 Å². The van der Waals surface area contributed by atoms with Gasteiger partial charge in [-0.15, -0.1) is 0 Å². The number of amides is 7. The van der Waals surface area contributed by atoms with Crippen molar-refractivity contribution in [2.75, 3.05) is 19.6 Å². The number of hydrogen-bond acceptors (Lipinski definition) is 15. The number of rotatable bonds is 7. The SMILES string of the molecule is C[C@H]1CNC(=O)C2[C@@H](O)[C@@H](C)CN2C(=O)C(CCC(N)=O)NC(=O)C([C@H](O)[C@@H](O)c2ccc(O)c(O)c2)NC(=O)C2C[C@@H](O)CN2C(=O)C([C@@H](C)O)NC(=O)[C@@H](N)C1. The second-order valence-electron chi connectivity index (χ2n) is 15.5. The monoisotopic (exact) mass is 822 g/mol. The molecule has 0 radical (unpaired) electrons. The lowest BCUT2D eigenvalue weighted by molar-refractivity contribution is -0.146. The Morgan fingerprint density at radius 3 is 2.12 bits per heavy atom. The third-order valence-electron chi connectivity index (χ3n) is 10.7. The molecule has 5 unspecified atom stereocenters. The zero-order chi connectivity index (χ0) is 43.3. The van der Waals surface area contributed by atoms with E-state index in [2.05, 4.69) is 21.3 Å². The molecule has 3 aliphatic heterocycles. The van der Waals surface area contributed by atoms with Gasteiger partial charge in [0.2, 0.25) is 41.4 Å². The van der Waals surface area contributed by atoms with E-state index < -0.39 is 157 Å². The fourth-order valence-electron chi connectivity index (χ4n) is 7.35. The van der Waals surface area contributed by atoms with Gasteiger partial charge < -0.3 is 78.3 Å². The highest BCUT2D eigenvalue weighted by molar-refractivity contribution is 5.98. The summed E-state index contributed by atoms with van der Waals surface area (Å²) < 4.78 is 0. The Morgan fingerprint density at radius 1 is 0.845 bits per heavy atom. The molecule has 1 aromatic carbocycles. The number of nitrogens with zero attached hydrogens (tertiary/aromatic N) is 2. The fraction of sp³-hybridized carbons (Fsp3) is 0.639. The summed E-state index contributed by atoms with van der Waals surface area (Å²) in [6.07, 6.45) is -10.1. The number of aliphatic hydroxyl groups excluding tert-OH is 5. The number of hydrogen-bond donors (Lipinski definition) is 13. The Hall–Kier alpha value is -5.13. The summed E-state index contributed by atoms with van der Waals surface area (Å²) in [6.45, 7) is 3.64. The van der Waals surface area contributed by atoms with Crippen LogP contribution in [0.25, 0.3) is 0 Å². The predicted octanol–water partition coefficient (Wildman–Crippen LogP) is -5.75. The molecular weight excluding hydrogens is 768 g/mol. The highest BCUT2D eigenvalue weighted by Crippen LogP contribution is 2.31. The van der Waals surface area contributed by atoms with Crippen LogP contribution in [-0.2, 0) is 33.6 Å². The Bertz CT molecular complexity index is 1730. The van der Waals surface area contributed by atoms with Gasteiger partial charge in [0.25, 0.3) is 0 Å². The summed E-state index contributed by atoms with van der Waals surface area (Å²) in [4.78, 5) is 96.9. The summed E-state index contributed by atoms with van der Waals surface area (Å²) in [5.74, 6) is -9.52. The van der Waals surface area contributed by atoms with Crippen LogP contribution in [0.1, 0.15) is 58.1 Å². The van der Waals surface area contributed by atoms with Gasteiger partial charge in [0.05, 0.1) is 24.4 Å². The number of aromatic hydroxyl groups is 2. The summed E-state index contributed by atoms with van der Waals surface area (Å²) in [7, 11) is 0. The Labute approximate surface area is 332 Å². The number of primary amides is 1. The van der Waals surface area contributed by atoms with Gasteiger partial charge in [0.15, 0.2) is 11.5 Å². The summed E-state index contributed by atoms with van der Waals surface area (Å²) >= 11 is 0. The molecule has 0 aliphatic carbocycles. The first kappa shape index (κ1) is 45.6. The normalized spacial score (nSPS) is 32.4. The van der Waals surface area contributed by atoms with Crippen LogP contribution in [0.3, 0.4) is 0 Å². The van der Waals surface area contributed by atoms with Crippen molar-refractivity contribution in [3.05, 3.63) is 23.8 Å². The maximum absolute atomic E-state index is 14.2. The molecule has 0 aromatic heterocycles. The molecule has 1 aromatic rings. The second kappa shape index (κ2) is 19.1. The van der Waals surface area contributed by atoms with Crippen LogP contribution in [0.5, 0.6) is 11.5 Å². The molecule has 22 heteroatoms. The zero-order valence-corrected chi connectivity index (χ0v) is 32.2. The lowest BCUT2D eigenvalue weighted by atomic mass is 9.96. The molecule has 0 saturated carbocycles. The van der Waals surface area contributed by atoms with Crippen LogP contribution in [0.2, 0.25) is 0 Å². The van der Waals surface area contributed by atoms with Crippen molar-refractivity contribution in [1.29, 1.82) is 0 Å². The fourth-order valence-corrected chi connectivity index (χ4v) is 7.35. The molecule has 22 nitrogen and oxygen atoms in total. The van der Waals surface area contributed by atoms with Gasteiger partial charge in [-0.2, -0.15) is 0 Å². The molecule has 4 rings (SSSR count). The smallest absolute Gasteiger partial charge is 0.248 e. The van der Waals surface area contributed by atoms with Crippen LogP contribution in [0.15, 0.2) is 18.2 Å². The number of phenols is 2. The van der Waals surface area contributed by atoms with Crippen LogP contribution < -0.4 is 32.7 Å². The number of carbonyl (C=O) groups excluding carboxylic acids is 7. The van der Waals surface area contributed by atoms with Crippen molar-refractivity contribution in [3.8, 4) is 11.5 Å². The average Bonchev–Trinajstić information content (AvgIpc) is 3.70. The first-order valence-corrected chi connectivity index (χ1v) is 18.9. The number of aliphatic hydroxyl groups is 5. The number of nitrogens with one attached hydrogen (secondary N) is 4. The first-order valence-electron chi connectivity index (χ1n) is 18.9. The topological polar surface area (TPSA) is 368 Å². The molecule has 322 valence electrons. The Balaban J connectivity index is 1.81. The summed E-state index contributed by atoms with van der Waals surface area (Å²) in [5.41, 5.74) is 11.3. The highest BCUT2D eigenvalue weighted by Gasteiger charge is 2.49. The van der Waals surface area contributed by atoms with Crippen LogP contribution in [0.4, 0.5) is 0 Å². The van der Waals surface area contributed by atoms with Gasteiger partial charge in [0, 0.05) is 38.4 Å². The molecule has 3 aliphatic rings. The summed E-state index contributed by atoms with van der Waals surface area (Å²) in [6, 6.07) is -7.03.